The van der Waals surface area contributed by atoms with Crippen molar-refractivity contribution in [1.29, 1.82) is 0 Å². The van der Waals surface area contributed by atoms with Crippen molar-refractivity contribution in [2.24, 2.45) is 0 Å². The summed E-state index contributed by atoms with van der Waals surface area (Å²) in [4.78, 5) is 24.1. The van der Waals surface area contributed by atoms with Crippen LogP contribution < -0.4 is 0 Å². The molecule has 0 aliphatic carbocycles. The zero-order valence-corrected chi connectivity index (χ0v) is 16.0. The quantitative estimate of drug-likeness (QED) is 0.551. The first kappa shape index (κ1) is 20.2. The number of hydrogen-bond acceptors (Lipinski definition) is 5. The minimum Gasteiger partial charge on any atom is -0.336 e. The molecule has 1 heterocycles. The van der Waals surface area contributed by atoms with Crippen molar-refractivity contribution in [3.05, 3.63) is 69.0 Å². The molecule has 28 heavy (non-hydrogen) atoms. The minimum atomic E-state index is -3.87. The van der Waals surface area contributed by atoms with Crippen LogP contribution in [0.5, 0.6) is 0 Å². The van der Waals surface area contributed by atoms with Crippen LogP contribution in [0.25, 0.3) is 0 Å². The fraction of sp³-hybridized carbons (Fsp3) is 0.235. The molecule has 0 unspecified atom stereocenters. The van der Waals surface area contributed by atoms with Gasteiger partial charge >= 0.3 is 0 Å². The molecule has 0 atom stereocenters. The Kier molecular flexibility index (Phi) is 5.64. The first-order valence-electron chi connectivity index (χ1n) is 8.19. The monoisotopic (exact) mass is 427 g/mol. The van der Waals surface area contributed by atoms with Crippen LogP contribution in [-0.4, -0.2) is 54.6 Å². The van der Waals surface area contributed by atoms with E-state index in [4.69, 9.17) is 11.6 Å². The Labute approximate surface area is 165 Å². The lowest BCUT2D eigenvalue weighted by Crippen LogP contribution is -2.50. The summed E-state index contributed by atoms with van der Waals surface area (Å²) in [6.45, 7) is 0.297. The van der Waals surface area contributed by atoms with Gasteiger partial charge in [0.25, 0.3) is 11.6 Å². The SMILES string of the molecule is O=C(c1ccc([N+](=O)[O-])cc1Cl)N1CCN(S(=O)(=O)c2cccc(F)c2)CC1. The minimum absolute atomic E-state index is 0.0369. The van der Waals surface area contributed by atoms with E-state index in [0.717, 1.165) is 18.2 Å². The molecular weight excluding hydrogens is 413 g/mol. The molecule has 1 aliphatic heterocycles. The van der Waals surface area contributed by atoms with Gasteiger partial charge in [0.05, 0.1) is 20.4 Å². The third-order valence-corrected chi connectivity index (χ3v) is 6.56. The van der Waals surface area contributed by atoms with E-state index in [1.54, 1.807) is 0 Å². The van der Waals surface area contributed by atoms with Gasteiger partial charge in [-0.15, -0.1) is 0 Å². The Morgan fingerprint density at radius 3 is 2.36 bits per heavy atom. The summed E-state index contributed by atoms with van der Waals surface area (Å²) in [6, 6.07) is 8.29. The first-order chi connectivity index (χ1) is 13.2. The van der Waals surface area contributed by atoms with Gasteiger partial charge in [0.1, 0.15) is 5.82 Å². The number of halogens is 2. The van der Waals surface area contributed by atoms with Crippen molar-refractivity contribution in [1.82, 2.24) is 9.21 Å². The zero-order valence-electron chi connectivity index (χ0n) is 14.4. The highest BCUT2D eigenvalue weighted by atomic mass is 35.5. The fourth-order valence-corrected chi connectivity index (χ4v) is 4.58. The number of nitro groups is 1. The highest BCUT2D eigenvalue weighted by Crippen LogP contribution is 2.25. The van der Waals surface area contributed by atoms with Gasteiger partial charge in [-0.25, -0.2) is 12.8 Å². The summed E-state index contributed by atoms with van der Waals surface area (Å²) in [5, 5.41) is 10.7. The van der Waals surface area contributed by atoms with E-state index >= 15 is 0 Å². The lowest BCUT2D eigenvalue weighted by atomic mass is 10.1. The number of hydrogen-bond donors (Lipinski definition) is 0. The highest BCUT2D eigenvalue weighted by Gasteiger charge is 2.31. The maximum absolute atomic E-state index is 13.3. The number of non-ortho nitro benzene ring substituents is 1. The Balaban J connectivity index is 1.71. The van der Waals surface area contributed by atoms with Crippen molar-refractivity contribution in [2.45, 2.75) is 4.90 Å². The normalized spacial score (nSPS) is 15.4. The fourth-order valence-electron chi connectivity index (χ4n) is 2.87. The molecule has 1 amide bonds. The molecular formula is C17H15ClFN3O5S. The van der Waals surface area contributed by atoms with Gasteiger partial charge in [-0.2, -0.15) is 4.31 Å². The van der Waals surface area contributed by atoms with Gasteiger partial charge in [0.15, 0.2) is 0 Å². The summed E-state index contributed by atoms with van der Waals surface area (Å²) in [6.07, 6.45) is 0. The number of benzene rings is 2. The van der Waals surface area contributed by atoms with Crippen LogP contribution in [0.1, 0.15) is 10.4 Å². The molecule has 0 radical (unpaired) electrons. The van der Waals surface area contributed by atoms with E-state index in [1.165, 1.54) is 33.5 Å². The number of rotatable bonds is 4. The van der Waals surface area contributed by atoms with E-state index < -0.39 is 26.7 Å². The van der Waals surface area contributed by atoms with E-state index in [0.29, 0.717) is 0 Å². The second-order valence-corrected chi connectivity index (χ2v) is 8.42. The van der Waals surface area contributed by atoms with Gasteiger partial charge < -0.3 is 4.90 Å². The third-order valence-electron chi connectivity index (χ3n) is 4.35. The smallest absolute Gasteiger partial charge is 0.270 e. The average Bonchev–Trinajstić information content (AvgIpc) is 2.67. The Morgan fingerprint density at radius 2 is 1.79 bits per heavy atom. The Bertz CT molecular complexity index is 1040. The van der Waals surface area contributed by atoms with Gasteiger partial charge in [0, 0.05) is 38.3 Å². The van der Waals surface area contributed by atoms with Crippen LogP contribution in [0.15, 0.2) is 47.4 Å². The average molecular weight is 428 g/mol. The highest BCUT2D eigenvalue weighted by molar-refractivity contribution is 7.89. The molecule has 1 aliphatic rings. The summed E-state index contributed by atoms with van der Waals surface area (Å²) in [7, 11) is -3.87. The van der Waals surface area contributed by atoms with Gasteiger partial charge in [-0.05, 0) is 24.3 Å². The van der Waals surface area contributed by atoms with Crippen molar-refractivity contribution in [3.8, 4) is 0 Å². The number of amides is 1. The number of carbonyl (C=O) groups is 1. The summed E-state index contributed by atoms with van der Waals surface area (Å²) in [5.74, 6) is -1.09. The predicted molar refractivity (Wildman–Crippen MR) is 99.2 cm³/mol. The van der Waals surface area contributed by atoms with E-state index in [1.807, 2.05) is 0 Å². The van der Waals surface area contributed by atoms with Crippen LogP contribution >= 0.6 is 11.6 Å². The maximum Gasteiger partial charge on any atom is 0.270 e. The van der Waals surface area contributed by atoms with Crippen molar-refractivity contribution in [2.75, 3.05) is 26.2 Å². The summed E-state index contributed by atoms with van der Waals surface area (Å²) >= 11 is 5.99. The van der Waals surface area contributed by atoms with Crippen molar-refractivity contribution >= 4 is 33.2 Å². The maximum atomic E-state index is 13.3. The molecule has 2 aromatic carbocycles. The topological polar surface area (TPSA) is 101 Å². The molecule has 1 fully saturated rings. The molecule has 3 rings (SSSR count). The standard InChI is InChI=1S/C17H15ClFN3O5S/c18-16-11-13(22(24)25)4-5-15(16)17(23)20-6-8-21(9-7-20)28(26,27)14-3-1-2-12(19)10-14/h1-5,10-11H,6-9H2. The zero-order chi connectivity index (χ0) is 20.5. The molecule has 0 bridgehead atoms. The van der Waals surface area contributed by atoms with Crippen molar-refractivity contribution in [3.63, 3.8) is 0 Å². The molecule has 0 spiro atoms. The number of nitrogens with zero attached hydrogens (tertiary/aromatic N) is 3. The van der Waals surface area contributed by atoms with Gasteiger partial charge in [0.2, 0.25) is 10.0 Å². The van der Waals surface area contributed by atoms with E-state index in [2.05, 4.69) is 0 Å². The molecule has 148 valence electrons. The molecule has 8 nitrogen and oxygen atoms in total. The number of carbonyl (C=O) groups excluding carboxylic acids is 1. The largest absolute Gasteiger partial charge is 0.336 e. The van der Waals surface area contributed by atoms with Crippen LogP contribution in [0.4, 0.5) is 10.1 Å². The molecule has 1 saturated heterocycles. The van der Waals surface area contributed by atoms with Gasteiger partial charge in [-0.1, -0.05) is 17.7 Å². The molecule has 0 saturated carbocycles. The van der Waals surface area contributed by atoms with Crippen LogP contribution in [0.2, 0.25) is 5.02 Å². The van der Waals surface area contributed by atoms with Crippen LogP contribution in [-0.2, 0) is 10.0 Å². The summed E-state index contributed by atoms with van der Waals surface area (Å²) in [5.41, 5.74) is -0.124. The molecule has 0 aromatic heterocycles. The van der Waals surface area contributed by atoms with Crippen LogP contribution in [0.3, 0.4) is 0 Å². The number of sulfonamides is 1. The van der Waals surface area contributed by atoms with Crippen molar-refractivity contribution < 1.29 is 22.5 Å². The third kappa shape index (κ3) is 3.98. The first-order valence-corrected chi connectivity index (χ1v) is 10.0. The molecule has 11 heteroatoms. The van der Waals surface area contributed by atoms with Gasteiger partial charge in [-0.3, -0.25) is 14.9 Å². The lowest BCUT2D eigenvalue weighted by molar-refractivity contribution is -0.384. The Morgan fingerprint density at radius 1 is 1.11 bits per heavy atom. The number of nitro benzene ring substituents is 1. The lowest BCUT2D eigenvalue weighted by Gasteiger charge is -2.34. The second kappa shape index (κ2) is 7.82. The van der Waals surface area contributed by atoms with Crippen LogP contribution in [0, 0.1) is 15.9 Å². The predicted octanol–water partition coefficient (Wildman–Crippen LogP) is 2.53. The second-order valence-electron chi connectivity index (χ2n) is 6.07. The van der Waals surface area contributed by atoms with E-state index in [-0.39, 0.29) is 47.3 Å². The van der Waals surface area contributed by atoms with E-state index in [9.17, 15) is 27.7 Å². The molecule has 0 N–H and O–H groups in total. The number of piperazine rings is 1. The molecule has 2 aromatic rings. The summed E-state index contributed by atoms with van der Waals surface area (Å²) < 4.78 is 39.8. The Hall–Kier alpha value is -2.56.